The average molecular weight is 289 g/mol. The molecule has 0 radical (unpaired) electrons. The maximum absolute atomic E-state index is 11.9. The second-order valence-electron chi connectivity index (χ2n) is 4.72. The van der Waals surface area contributed by atoms with E-state index in [-0.39, 0.29) is 35.6 Å². The standard InChI is InChI=1S/C12H20N4O2.ClH/c1-8(2)6-9(7-13)14-12(18)10-4-5-11(17)16(3)15-10;/h4-5,8-9H,6-7,13H2,1-3H3,(H,14,18);1H. The van der Waals surface area contributed by atoms with Crippen LogP contribution in [0.25, 0.3) is 0 Å². The third-order valence-corrected chi connectivity index (χ3v) is 2.57. The first-order chi connectivity index (χ1) is 8.43. The Labute approximate surface area is 118 Å². The van der Waals surface area contributed by atoms with Crippen molar-refractivity contribution in [2.75, 3.05) is 6.54 Å². The van der Waals surface area contributed by atoms with Crippen LogP contribution in [-0.4, -0.2) is 28.3 Å². The number of hydrogen-bond acceptors (Lipinski definition) is 4. The van der Waals surface area contributed by atoms with Crippen molar-refractivity contribution < 1.29 is 4.79 Å². The van der Waals surface area contributed by atoms with Crippen LogP contribution in [0, 0.1) is 5.92 Å². The lowest BCUT2D eigenvalue weighted by molar-refractivity contribution is 0.0926. The first kappa shape index (κ1) is 17.6. The van der Waals surface area contributed by atoms with Crippen LogP contribution in [0.3, 0.4) is 0 Å². The van der Waals surface area contributed by atoms with Crippen molar-refractivity contribution in [3.05, 3.63) is 28.2 Å². The summed E-state index contributed by atoms with van der Waals surface area (Å²) in [5, 5.41) is 6.71. The van der Waals surface area contributed by atoms with Crippen molar-refractivity contribution >= 4 is 18.3 Å². The molecule has 1 aromatic heterocycles. The molecule has 1 unspecified atom stereocenters. The number of aryl methyl sites for hydroxylation is 1. The lowest BCUT2D eigenvalue weighted by Crippen LogP contribution is -2.41. The molecule has 0 saturated heterocycles. The van der Waals surface area contributed by atoms with E-state index in [4.69, 9.17) is 5.73 Å². The van der Waals surface area contributed by atoms with Gasteiger partial charge in [-0.15, -0.1) is 12.4 Å². The maximum atomic E-state index is 11.9. The average Bonchev–Trinajstić information content (AvgIpc) is 2.31. The van der Waals surface area contributed by atoms with Gasteiger partial charge >= 0.3 is 0 Å². The first-order valence-corrected chi connectivity index (χ1v) is 5.99. The molecule has 1 atom stereocenters. The van der Waals surface area contributed by atoms with Crippen LogP contribution >= 0.6 is 12.4 Å². The Morgan fingerprint density at radius 1 is 1.47 bits per heavy atom. The summed E-state index contributed by atoms with van der Waals surface area (Å²) in [6.45, 7) is 4.52. The van der Waals surface area contributed by atoms with Gasteiger partial charge in [0.1, 0.15) is 5.69 Å². The zero-order chi connectivity index (χ0) is 13.7. The van der Waals surface area contributed by atoms with Gasteiger partial charge in [-0.25, -0.2) is 4.68 Å². The van der Waals surface area contributed by atoms with Crippen LogP contribution in [-0.2, 0) is 7.05 Å². The Morgan fingerprint density at radius 3 is 2.58 bits per heavy atom. The van der Waals surface area contributed by atoms with E-state index in [0.29, 0.717) is 12.5 Å². The molecule has 3 N–H and O–H groups in total. The van der Waals surface area contributed by atoms with E-state index in [1.54, 1.807) is 0 Å². The van der Waals surface area contributed by atoms with Crippen LogP contribution in [0.4, 0.5) is 0 Å². The summed E-state index contributed by atoms with van der Waals surface area (Å²) in [5.74, 6) is 0.147. The first-order valence-electron chi connectivity index (χ1n) is 5.99. The van der Waals surface area contributed by atoms with Crippen LogP contribution in [0.2, 0.25) is 0 Å². The molecule has 0 spiro atoms. The van der Waals surface area contributed by atoms with E-state index < -0.39 is 0 Å². The summed E-state index contributed by atoms with van der Waals surface area (Å²) >= 11 is 0. The lowest BCUT2D eigenvalue weighted by atomic mass is 10.0. The molecular formula is C12H21ClN4O2. The van der Waals surface area contributed by atoms with Gasteiger partial charge < -0.3 is 11.1 Å². The molecule has 19 heavy (non-hydrogen) atoms. The zero-order valence-corrected chi connectivity index (χ0v) is 12.2. The maximum Gasteiger partial charge on any atom is 0.271 e. The predicted molar refractivity (Wildman–Crippen MR) is 76.5 cm³/mol. The molecule has 0 aromatic carbocycles. The SMILES string of the molecule is CC(C)CC(CN)NC(=O)c1ccc(=O)n(C)n1.Cl. The molecule has 0 aliphatic carbocycles. The number of amides is 1. The Balaban J connectivity index is 0.00000324. The third kappa shape index (κ3) is 5.40. The molecule has 1 amide bonds. The van der Waals surface area contributed by atoms with Crippen molar-refractivity contribution in [1.82, 2.24) is 15.1 Å². The van der Waals surface area contributed by atoms with Crippen LogP contribution in [0.5, 0.6) is 0 Å². The Kier molecular flexibility index (Phi) is 7.33. The predicted octanol–water partition coefficient (Wildman–Crippen LogP) is 0.305. The number of nitrogens with one attached hydrogen (secondary N) is 1. The van der Waals surface area contributed by atoms with Crippen molar-refractivity contribution in [3.63, 3.8) is 0 Å². The van der Waals surface area contributed by atoms with E-state index in [1.165, 1.54) is 19.2 Å². The number of rotatable bonds is 5. The van der Waals surface area contributed by atoms with E-state index in [1.807, 2.05) is 0 Å². The molecule has 0 fully saturated rings. The Morgan fingerprint density at radius 2 is 2.11 bits per heavy atom. The van der Waals surface area contributed by atoms with E-state index in [9.17, 15) is 9.59 Å². The third-order valence-electron chi connectivity index (χ3n) is 2.57. The monoisotopic (exact) mass is 288 g/mol. The number of halogens is 1. The molecule has 7 heteroatoms. The molecule has 0 aliphatic rings. The molecular weight excluding hydrogens is 268 g/mol. The van der Waals surface area contributed by atoms with E-state index in [0.717, 1.165) is 11.1 Å². The molecule has 0 aliphatic heterocycles. The second kappa shape index (κ2) is 7.91. The zero-order valence-electron chi connectivity index (χ0n) is 11.4. The highest BCUT2D eigenvalue weighted by atomic mass is 35.5. The smallest absolute Gasteiger partial charge is 0.271 e. The van der Waals surface area contributed by atoms with Crippen LogP contribution in [0.1, 0.15) is 30.8 Å². The van der Waals surface area contributed by atoms with Gasteiger partial charge in [0.15, 0.2) is 0 Å². The van der Waals surface area contributed by atoms with Crippen LogP contribution in [0.15, 0.2) is 16.9 Å². The quantitative estimate of drug-likeness (QED) is 0.816. The number of carbonyl (C=O) groups excluding carboxylic acids is 1. The molecule has 1 aromatic rings. The highest BCUT2D eigenvalue weighted by molar-refractivity contribution is 5.92. The topological polar surface area (TPSA) is 90.0 Å². The molecule has 0 bridgehead atoms. The number of hydrogen-bond donors (Lipinski definition) is 2. The fraction of sp³-hybridized carbons (Fsp3) is 0.583. The van der Waals surface area contributed by atoms with Gasteiger partial charge in [-0.2, -0.15) is 5.10 Å². The van der Waals surface area contributed by atoms with E-state index in [2.05, 4.69) is 24.3 Å². The van der Waals surface area contributed by atoms with Gasteiger partial charge in [-0.3, -0.25) is 9.59 Å². The van der Waals surface area contributed by atoms with Gasteiger partial charge in [-0.05, 0) is 18.4 Å². The van der Waals surface area contributed by atoms with Gasteiger partial charge in [-0.1, -0.05) is 13.8 Å². The number of nitrogens with zero attached hydrogens (tertiary/aromatic N) is 2. The lowest BCUT2D eigenvalue weighted by Gasteiger charge is -2.18. The van der Waals surface area contributed by atoms with Crippen LogP contribution < -0.4 is 16.6 Å². The minimum absolute atomic E-state index is 0. The van der Waals surface area contributed by atoms with Crippen molar-refractivity contribution in [2.45, 2.75) is 26.3 Å². The van der Waals surface area contributed by atoms with Gasteiger partial charge in [0, 0.05) is 25.7 Å². The van der Waals surface area contributed by atoms with Crippen molar-refractivity contribution in [2.24, 2.45) is 18.7 Å². The minimum atomic E-state index is -0.304. The largest absolute Gasteiger partial charge is 0.347 e. The molecule has 6 nitrogen and oxygen atoms in total. The molecule has 108 valence electrons. The highest BCUT2D eigenvalue weighted by Crippen LogP contribution is 2.04. The number of aromatic nitrogens is 2. The summed E-state index contributed by atoms with van der Waals surface area (Å²) in [7, 11) is 1.51. The summed E-state index contributed by atoms with van der Waals surface area (Å²) in [5.41, 5.74) is 5.59. The molecule has 1 rings (SSSR count). The molecule has 0 saturated carbocycles. The van der Waals surface area contributed by atoms with E-state index >= 15 is 0 Å². The normalized spacial score (nSPS) is 11.8. The minimum Gasteiger partial charge on any atom is -0.347 e. The number of carbonyl (C=O) groups is 1. The Hall–Kier alpha value is -1.40. The highest BCUT2D eigenvalue weighted by Gasteiger charge is 2.15. The summed E-state index contributed by atoms with van der Waals surface area (Å²) in [6.07, 6.45) is 0.813. The summed E-state index contributed by atoms with van der Waals surface area (Å²) < 4.78 is 1.13. The fourth-order valence-corrected chi connectivity index (χ4v) is 1.67. The second-order valence-corrected chi connectivity index (χ2v) is 4.72. The van der Waals surface area contributed by atoms with Gasteiger partial charge in [0.2, 0.25) is 0 Å². The van der Waals surface area contributed by atoms with Crippen molar-refractivity contribution in [3.8, 4) is 0 Å². The summed E-state index contributed by atoms with van der Waals surface area (Å²) in [4.78, 5) is 23.1. The fourth-order valence-electron chi connectivity index (χ4n) is 1.67. The molecule has 1 heterocycles. The van der Waals surface area contributed by atoms with Gasteiger partial charge in [0.25, 0.3) is 11.5 Å². The van der Waals surface area contributed by atoms with Gasteiger partial charge in [0.05, 0.1) is 0 Å². The summed E-state index contributed by atoms with van der Waals surface area (Å²) in [6, 6.07) is 2.67. The number of nitrogens with two attached hydrogens (primary N) is 1. The Bertz CT molecular complexity index is 473. The van der Waals surface area contributed by atoms with Crippen molar-refractivity contribution in [1.29, 1.82) is 0 Å².